The van der Waals surface area contributed by atoms with Crippen molar-refractivity contribution >= 4 is 27.5 Å². The summed E-state index contributed by atoms with van der Waals surface area (Å²) in [6.45, 7) is 1.80. The Hall–Kier alpha value is -3.77. The largest absolute Gasteiger partial charge is 0.438 e. The van der Waals surface area contributed by atoms with Crippen molar-refractivity contribution in [1.29, 1.82) is 5.26 Å². The van der Waals surface area contributed by atoms with E-state index in [2.05, 4.69) is 5.32 Å². The molecule has 3 N–H and O–H groups in total. The number of nitrogens with two attached hydrogens (primary N) is 1. The molecular formula is C20H13N3O5S. The van der Waals surface area contributed by atoms with Crippen molar-refractivity contribution in [1.82, 2.24) is 0 Å². The second kappa shape index (κ2) is 5.40. The maximum atomic E-state index is 13.3. The van der Waals surface area contributed by atoms with E-state index in [4.69, 9.17) is 14.7 Å². The van der Waals surface area contributed by atoms with Crippen LogP contribution in [0.1, 0.15) is 16.7 Å². The second-order valence-corrected chi connectivity index (χ2v) is 8.38. The quantitative estimate of drug-likeness (QED) is 0.639. The Morgan fingerprint density at radius 3 is 2.72 bits per heavy atom. The van der Waals surface area contributed by atoms with Gasteiger partial charge in [0, 0.05) is 11.3 Å². The zero-order valence-electron chi connectivity index (χ0n) is 15.0. The van der Waals surface area contributed by atoms with Gasteiger partial charge in [-0.3, -0.25) is 4.79 Å². The van der Waals surface area contributed by atoms with Gasteiger partial charge in [0.2, 0.25) is 11.8 Å². The molecule has 0 bridgehead atoms. The van der Waals surface area contributed by atoms with Gasteiger partial charge in [0.1, 0.15) is 11.6 Å². The summed E-state index contributed by atoms with van der Waals surface area (Å²) in [4.78, 5) is 12.9. The van der Waals surface area contributed by atoms with Gasteiger partial charge in [-0.2, -0.15) is 13.7 Å². The average Bonchev–Trinajstić information content (AvgIpc) is 2.93. The molecule has 3 aliphatic rings. The number of anilines is 1. The van der Waals surface area contributed by atoms with E-state index < -0.39 is 26.3 Å². The molecule has 144 valence electrons. The summed E-state index contributed by atoms with van der Waals surface area (Å²) in [6, 6.07) is 13.3. The maximum absolute atomic E-state index is 13.3. The summed E-state index contributed by atoms with van der Waals surface area (Å²) in [5, 5.41) is 12.5. The predicted molar refractivity (Wildman–Crippen MR) is 102 cm³/mol. The normalized spacial score (nSPS) is 23.4. The summed E-state index contributed by atoms with van der Waals surface area (Å²) in [7, 11) is -4.49. The molecule has 0 aromatic heterocycles. The van der Waals surface area contributed by atoms with E-state index in [1.165, 1.54) is 6.07 Å². The van der Waals surface area contributed by atoms with Gasteiger partial charge in [-0.15, -0.1) is 0 Å². The average molecular weight is 407 g/mol. The van der Waals surface area contributed by atoms with E-state index in [-0.39, 0.29) is 23.0 Å². The molecule has 0 aliphatic carbocycles. The summed E-state index contributed by atoms with van der Waals surface area (Å²) in [5.74, 6) is -1.10. The van der Waals surface area contributed by atoms with Crippen LogP contribution < -0.4 is 15.2 Å². The third-order valence-corrected chi connectivity index (χ3v) is 6.63. The van der Waals surface area contributed by atoms with Crippen LogP contribution in [0, 0.1) is 18.3 Å². The molecule has 1 spiro atoms. The minimum absolute atomic E-state index is 0.0532. The molecule has 8 nitrogen and oxygen atoms in total. The molecule has 5 rings (SSSR count). The number of carbonyl (C=O) groups excluding carboxylic acids is 1. The smallest absolute Gasteiger partial charge is 0.340 e. The van der Waals surface area contributed by atoms with Crippen LogP contribution in [-0.4, -0.2) is 14.3 Å². The van der Waals surface area contributed by atoms with Crippen molar-refractivity contribution in [2.45, 2.75) is 12.3 Å². The van der Waals surface area contributed by atoms with Crippen molar-refractivity contribution in [2.75, 3.05) is 5.32 Å². The second-order valence-electron chi connectivity index (χ2n) is 6.90. The lowest BCUT2D eigenvalue weighted by Crippen LogP contribution is -2.47. The van der Waals surface area contributed by atoms with Crippen LogP contribution in [0.15, 0.2) is 58.8 Å². The number of nitrogens with one attached hydrogen (secondary N) is 1. The fraction of sp³-hybridized carbons (Fsp3) is 0.100. The van der Waals surface area contributed by atoms with Gasteiger partial charge in [-0.25, -0.2) is 0 Å². The number of para-hydroxylation sites is 1. The Morgan fingerprint density at radius 1 is 1.21 bits per heavy atom. The third kappa shape index (κ3) is 2.01. The number of nitriles is 1. The number of rotatable bonds is 0. The number of carbonyl (C=O) groups is 1. The zero-order valence-corrected chi connectivity index (χ0v) is 15.8. The summed E-state index contributed by atoms with van der Waals surface area (Å²) in [5.41, 5.74) is 5.54. The molecule has 9 heteroatoms. The lowest BCUT2D eigenvalue weighted by molar-refractivity contribution is -0.118. The van der Waals surface area contributed by atoms with Crippen LogP contribution in [0.2, 0.25) is 0 Å². The molecule has 0 saturated carbocycles. The lowest BCUT2D eigenvalue weighted by Gasteiger charge is -2.37. The molecule has 29 heavy (non-hydrogen) atoms. The molecule has 1 unspecified atom stereocenters. The molecular weight excluding hydrogens is 394 g/mol. The van der Waals surface area contributed by atoms with Gasteiger partial charge in [0.05, 0.1) is 5.56 Å². The number of benzene rings is 2. The topological polar surface area (TPSA) is 132 Å². The SMILES string of the molecule is Cc1ccc2c(c1)C1(C(=O)N2)C(C#N)=C(N)OC2=C1S(=O)(=O)Oc1ccccc12. The molecule has 1 amide bonds. The number of hydrogen-bond donors (Lipinski definition) is 2. The van der Waals surface area contributed by atoms with E-state index in [0.717, 1.165) is 5.56 Å². The highest BCUT2D eigenvalue weighted by Gasteiger charge is 2.63. The highest BCUT2D eigenvalue weighted by molar-refractivity contribution is 7.91. The first kappa shape index (κ1) is 17.3. The maximum Gasteiger partial charge on any atom is 0.340 e. The summed E-state index contributed by atoms with van der Waals surface area (Å²) < 4.78 is 37.4. The molecule has 2 aromatic carbocycles. The van der Waals surface area contributed by atoms with E-state index in [9.17, 15) is 18.5 Å². The lowest BCUT2D eigenvalue weighted by atomic mass is 9.73. The first-order valence-electron chi connectivity index (χ1n) is 8.60. The molecule has 0 fully saturated rings. The monoisotopic (exact) mass is 407 g/mol. The number of nitrogens with zero attached hydrogens (tertiary/aromatic N) is 1. The Morgan fingerprint density at radius 2 is 1.97 bits per heavy atom. The number of ether oxygens (including phenoxy) is 1. The van der Waals surface area contributed by atoms with E-state index in [0.29, 0.717) is 16.8 Å². The number of fused-ring (bicyclic) bond motifs is 5. The minimum atomic E-state index is -4.49. The first-order chi connectivity index (χ1) is 13.8. The Labute approximate surface area is 166 Å². The molecule has 3 aliphatic heterocycles. The standard InChI is InChI=1S/C20H13N3O5S/c1-10-6-7-14-12(8-10)20(19(24)23-14)13(9-21)18(22)27-16-11-4-2-3-5-15(11)28-29(25,26)17(16)20/h2-8H,22H2,1H3,(H,23,24). The third-order valence-electron chi connectivity index (χ3n) is 5.24. The molecule has 0 radical (unpaired) electrons. The Balaban J connectivity index is 1.99. The van der Waals surface area contributed by atoms with Gasteiger partial charge < -0.3 is 20.0 Å². The predicted octanol–water partition coefficient (Wildman–Crippen LogP) is 2.00. The van der Waals surface area contributed by atoms with Crippen LogP contribution in [0.5, 0.6) is 5.75 Å². The van der Waals surface area contributed by atoms with Crippen molar-refractivity contribution < 1.29 is 22.1 Å². The van der Waals surface area contributed by atoms with E-state index in [1.54, 1.807) is 43.3 Å². The molecule has 2 aromatic rings. The fourth-order valence-electron chi connectivity index (χ4n) is 4.07. The molecule has 3 heterocycles. The van der Waals surface area contributed by atoms with Gasteiger partial charge in [0.15, 0.2) is 21.8 Å². The van der Waals surface area contributed by atoms with Gasteiger partial charge in [-0.1, -0.05) is 29.8 Å². The van der Waals surface area contributed by atoms with Crippen LogP contribution in [-0.2, 0) is 25.1 Å². The number of hydrogen-bond acceptors (Lipinski definition) is 7. The highest BCUT2D eigenvalue weighted by atomic mass is 32.2. The van der Waals surface area contributed by atoms with Crippen molar-refractivity contribution in [3.05, 3.63) is 75.5 Å². The first-order valence-corrected chi connectivity index (χ1v) is 10.0. The number of aryl methyl sites for hydroxylation is 1. The van der Waals surface area contributed by atoms with Crippen molar-refractivity contribution in [3.8, 4) is 11.8 Å². The van der Waals surface area contributed by atoms with Crippen LogP contribution in [0.3, 0.4) is 0 Å². The summed E-state index contributed by atoms with van der Waals surface area (Å²) >= 11 is 0. The fourth-order valence-corrected chi connectivity index (χ4v) is 5.59. The molecule has 1 atom stereocenters. The van der Waals surface area contributed by atoms with Crippen molar-refractivity contribution in [2.24, 2.45) is 5.73 Å². The van der Waals surface area contributed by atoms with Crippen LogP contribution in [0.4, 0.5) is 5.69 Å². The van der Waals surface area contributed by atoms with Crippen LogP contribution in [0.25, 0.3) is 5.76 Å². The van der Waals surface area contributed by atoms with E-state index >= 15 is 0 Å². The zero-order chi connectivity index (χ0) is 20.6. The Kier molecular flexibility index (Phi) is 3.23. The highest BCUT2D eigenvalue weighted by Crippen LogP contribution is 2.57. The van der Waals surface area contributed by atoms with E-state index in [1.807, 2.05) is 6.07 Å². The number of amides is 1. The van der Waals surface area contributed by atoms with Gasteiger partial charge >= 0.3 is 10.1 Å². The van der Waals surface area contributed by atoms with Crippen LogP contribution >= 0.6 is 0 Å². The van der Waals surface area contributed by atoms with Crippen molar-refractivity contribution in [3.63, 3.8) is 0 Å². The van der Waals surface area contributed by atoms with Gasteiger partial charge in [0.25, 0.3) is 0 Å². The van der Waals surface area contributed by atoms with Gasteiger partial charge in [-0.05, 0) is 25.1 Å². The molecule has 0 saturated heterocycles. The Bertz CT molecular complexity index is 1350. The minimum Gasteiger partial charge on any atom is -0.438 e. The summed E-state index contributed by atoms with van der Waals surface area (Å²) in [6.07, 6.45) is 0.